The molecule has 0 radical (unpaired) electrons. The fourth-order valence-electron chi connectivity index (χ4n) is 3.09. The Hall–Kier alpha value is -1.79. The smallest absolute Gasteiger partial charge is 0.142 e. The van der Waals surface area contributed by atoms with E-state index in [4.69, 9.17) is 0 Å². The maximum absolute atomic E-state index is 13.4. The van der Waals surface area contributed by atoms with Gasteiger partial charge in [-0.15, -0.1) is 0 Å². The zero-order valence-electron chi connectivity index (χ0n) is 12.4. The van der Waals surface area contributed by atoms with Crippen molar-refractivity contribution in [3.05, 3.63) is 46.1 Å². The van der Waals surface area contributed by atoms with Crippen molar-refractivity contribution in [1.82, 2.24) is 19.2 Å². The molecule has 0 fully saturated rings. The first-order chi connectivity index (χ1) is 10.7. The Morgan fingerprint density at radius 1 is 1.41 bits per heavy atom. The molecular weight excluding hydrogens is 299 g/mol. The summed E-state index contributed by atoms with van der Waals surface area (Å²) in [7, 11) is 0. The van der Waals surface area contributed by atoms with Crippen molar-refractivity contribution in [2.45, 2.75) is 32.9 Å². The van der Waals surface area contributed by atoms with Crippen molar-refractivity contribution in [3.63, 3.8) is 0 Å². The van der Waals surface area contributed by atoms with E-state index >= 15 is 0 Å². The van der Waals surface area contributed by atoms with Crippen LogP contribution in [0, 0.1) is 5.82 Å². The summed E-state index contributed by atoms with van der Waals surface area (Å²) in [4.78, 5) is 10.3. The number of rotatable bonds is 3. The minimum atomic E-state index is -0.169. The highest BCUT2D eigenvalue weighted by molar-refractivity contribution is 7.05. The van der Waals surface area contributed by atoms with Gasteiger partial charge in [0.1, 0.15) is 16.6 Å². The second kappa shape index (κ2) is 5.44. The van der Waals surface area contributed by atoms with Gasteiger partial charge in [0, 0.05) is 36.1 Å². The van der Waals surface area contributed by atoms with E-state index in [1.54, 1.807) is 6.07 Å². The van der Waals surface area contributed by atoms with Gasteiger partial charge in [-0.05, 0) is 41.7 Å². The topological polar surface area (TPSA) is 44.8 Å². The van der Waals surface area contributed by atoms with E-state index in [2.05, 4.69) is 26.2 Å². The molecule has 1 aromatic carbocycles. The van der Waals surface area contributed by atoms with E-state index in [-0.39, 0.29) is 5.82 Å². The van der Waals surface area contributed by atoms with Gasteiger partial charge in [-0.1, -0.05) is 6.92 Å². The Bertz CT molecular complexity index is 823. The molecule has 0 saturated carbocycles. The first-order valence-corrected chi connectivity index (χ1v) is 8.33. The number of aromatic nitrogens is 3. The highest BCUT2D eigenvalue weighted by Gasteiger charge is 2.21. The van der Waals surface area contributed by atoms with Crippen LogP contribution in [-0.2, 0) is 25.9 Å². The van der Waals surface area contributed by atoms with Crippen LogP contribution in [0.5, 0.6) is 0 Å². The molecule has 0 spiro atoms. The molecule has 22 heavy (non-hydrogen) atoms. The highest BCUT2D eigenvalue weighted by atomic mass is 32.1. The van der Waals surface area contributed by atoms with Crippen molar-refractivity contribution in [3.8, 4) is 0 Å². The summed E-state index contributed by atoms with van der Waals surface area (Å²) in [5, 5.41) is 2.10. The van der Waals surface area contributed by atoms with Gasteiger partial charge in [-0.3, -0.25) is 4.90 Å². The van der Waals surface area contributed by atoms with Gasteiger partial charge in [-0.25, -0.2) is 9.37 Å². The molecule has 3 aromatic rings. The number of hydrogen-bond donors (Lipinski definition) is 1. The number of benzene rings is 1. The number of nitrogens with zero attached hydrogens (tertiary/aromatic N) is 3. The van der Waals surface area contributed by atoms with Crippen molar-refractivity contribution >= 4 is 22.4 Å². The lowest BCUT2D eigenvalue weighted by Gasteiger charge is -2.25. The van der Waals surface area contributed by atoms with Gasteiger partial charge < -0.3 is 4.98 Å². The standard InChI is InChI=1S/C16H17FN4S/c1-2-15-19-16(22-20-15)9-21-6-5-11-12-7-10(17)3-4-13(12)18-14(11)8-21/h3-4,7,18H,2,5-6,8-9H2,1H3. The Labute approximate surface area is 132 Å². The molecule has 6 heteroatoms. The second-order valence-corrected chi connectivity index (χ2v) is 6.53. The molecule has 4 nitrogen and oxygen atoms in total. The maximum Gasteiger partial charge on any atom is 0.142 e. The van der Waals surface area contributed by atoms with E-state index in [0.29, 0.717) is 0 Å². The highest BCUT2D eigenvalue weighted by Crippen LogP contribution is 2.28. The van der Waals surface area contributed by atoms with Gasteiger partial charge in [-0.2, -0.15) is 4.37 Å². The minimum Gasteiger partial charge on any atom is -0.357 e. The number of hydrogen-bond acceptors (Lipinski definition) is 4. The number of halogens is 1. The third-order valence-electron chi connectivity index (χ3n) is 4.20. The summed E-state index contributed by atoms with van der Waals surface area (Å²) in [6, 6.07) is 4.97. The van der Waals surface area contributed by atoms with Crippen LogP contribution in [0.3, 0.4) is 0 Å². The number of fused-ring (bicyclic) bond motifs is 3. The van der Waals surface area contributed by atoms with E-state index in [1.807, 2.05) is 6.07 Å². The van der Waals surface area contributed by atoms with Crippen LogP contribution < -0.4 is 0 Å². The monoisotopic (exact) mass is 316 g/mol. The van der Waals surface area contributed by atoms with Crippen LogP contribution >= 0.6 is 11.5 Å². The summed E-state index contributed by atoms with van der Waals surface area (Å²) in [5.41, 5.74) is 3.49. The van der Waals surface area contributed by atoms with Gasteiger partial charge in [0.2, 0.25) is 0 Å². The number of nitrogens with one attached hydrogen (secondary N) is 1. The molecule has 0 aliphatic carbocycles. The first kappa shape index (κ1) is 13.8. The molecule has 0 amide bonds. The Morgan fingerprint density at radius 2 is 2.32 bits per heavy atom. The fraction of sp³-hybridized carbons (Fsp3) is 0.375. The number of H-pyrrole nitrogens is 1. The molecule has 1 aliphatic rings. The normalized spacial score (nSPS) is 15.4. The molecule has 2 aromatic heterocycles. The Kier molecular flexibility index (Phi) is 3.43. The van der Waals surface area contributed by atoms with Gasteiger partial charge in [0.15, 0.2) is 0 Å². The second-order valence-electron chi connectivity index (χ2n) is 5.69. The minimum absolute atomic E-state index is 0.169. The molecule has 1 aliphatic heterocycles. The average molecular weight is 316 g/mol. The summed E-state index contributed by atoms with van der Waals surface area (Å²) in [5.74, 6) is 0.761. The van der Waals surface area contributed by atoms with Gasteiger partial charge in [0.05, 0.1) is 6.54 Å². The van der Waals surface area contributed by atoms with E-state index in [9.17, 15) is 4.39 Å². The quantitative estimate of drug-likeness (QED) is 0.806. The van der Waals surface area contributed by atoms with Gasteiger partial charge in [0.25, 0.3) is 0 Å². The predicted octanol–water partition coefficient (Wildman–Crippen LogP) is 3.28. The molecule has 1 N–H and O–H groups in total. The summed E-state index contributed by atoms with van der Waals surface area (Å²) < 4.78 is 17.8. The van der Waals surface area contributed by atoms with Crippen molar-refractivity contribution in [2.75, 3.05) is 6.54 Å². The molecule has 0 atom stereocenters. The lowest BCUT2D eigenvalue weighted by molar-refractivity contribution is 0.243. The summed E-state index contributed by atoms with van der Waals surface area (Å²) >= 11 is 1.49. The van der Waals surface area contributed by atoms with E-state index < -0.39 is 0 Å². The van der Waals surface area contributed by atoms with Crippen LogP contribution in [0.25, 0.3) is 10.9 Å². The van der Waals surface area contributed by atoms with Crippen LogP contribution in [0.1, 0.15) is 29.0 Å². The van der Waals surface area contributed by atoms with Crippen LogP contribution in [0.15, 0.2) is 18.2 Å². The van der Waals surface area contributed by atoms with Gasteiger partial charge >= 0.3 is 0 Å². The Balaban J connectivity index is 1.57. The van der Waals surface area contributed by atoms with Crippen molar-refractivity contribution in [1.29, 1.82) is 0 Å². The van der Waals surface area contributed by atoms with Crippen molar-refractivity contribution in [2.24, 2.45) is 0 Å². The molecule has 0 bridgehead atoms. The Morgan fingerprint density at radius 3 is 3.14 bits per heavy atom. The van der Waals surface area contributed by atoms with E-state index in [1.165, 1.54) is 28.9 Å². The lowest BCUT2D eigenvalue weighted by atomic mass is 10.0. The lowest BCUT2D eigenvalue weighted by Crippen LogP contribution is -2.29. The van der Waals surface area contributed by atoms with Crippen LogP contribution in [-0.4, -0.2) is 25.8 Å². The van der Waals surface area contributed by atoms with Crippen LogP contribution in [0.2, 0.25) is 0 Å². The third kappa shape index (κ3) is 2.42. The number of aryl methyl sites for hydroxylation is 1. The third-order valence-corrected chi connectivity index (χ3v) is 4.93. The molecule has 3 heterocycles. The molecule has 0 unspecified atom stereocenters. The molecule has 4 rings (SSSR count). The van der Waals surface area contributed by atoms with E-state index in [0.717, 1.165) is 54.2 Å². The zero-order chi connectivity index (χ0) is 15.1. The maximum atomic E-state index is 13.4. The predicted molar refractivity (Wildman–Crippen MR) is 85.4 cm³/mol. The molecular formula is C16H17FN4S. The molecule has 0 saturated heterocycles. The fourth-order valence-corrected chi connectivity index (χ4v) is 3.86. The van der Waals surface area contributed by atoms with Crippen LogP contribution in [0.4, 0.5) is 4.39 Å². The first-order valence-electron chi connectivity index (χ1n) is 7.55. The zero-order valence-corrected chi connectivity index (χ0v) is 13.2. The average Bonchev–Trinajstić information content (AvgIpc) is 3.11. The number of aromatic amines is 1. The van der Waals surface area contributed by atoms with Crippen molar-refractivity contribution < 1.29 is 4.39 Å². The largest absolute Gasteiger partial charge is 0.357 e. The SMILES string of the molecule is CCc1nsc(CN2CCc3c([nH]c4ccc(F)cc34)C2)n1. The summed E-state index contributed by atoms with van der Waals surface area (Å²) in [6.07, 6.45) is 1.83. The molecule has 114 valence electrons. The summed E-state index contributed by atoms with van der Waals surface area (Å²) in [6.45, 7) is 4.73.